The molecule has 32 heavy (non-hydrogen) atoms. The second kappa shape index (κ2) is 8.93. The number of carbonyl (C=O) groups is 1. The molecule has 0 spiro atoms. The average Bonchev–Trinajstić information content (AvgIpc) is 3.18. The van der Waals surface area contributed by atoms with Crippen molar-refractivity contribution in [2.24, 2.45) is 17.3 Å². The molecule has 2 atom stereocenters. The molecule has 2 saturated heterocycles. The van der Waals surface area contributed by atoms with Gasteiger partial charge in [-0.05, 0) is 49.3 Å². The van der Waals surface area contributed by atoms with Gasteiger partial charge < -0.3 is 14.9 Å². The smallest absolute Gasteiger partial charge is 0.396 e. The summed E-state index contributed by atoms with van der Waals surface area (Å²) in [6.45, 7) is 1.90. The molecule has 0 aromatic heterocycles. The summed E-state index contributed by atoms with van der Waals surface area (Å²) in [5.74, 6) is 0.689. The van der Waals surface area contributed by atoms with Gasteiger partial charge in [-0.2, -0.15) is 18.4 Å². The first-order chi connectivity index (χ1) is 15.3. The second-order valence-corrected chi connectivity index (χ2v) is 9.75. The molecule has 0 radical (unpaired) electrons. The molecule has 0 bridgehead atoms. The maximum Gasteiger partial charge on any atom is 0.417 e. The van der Waals surface area contributed by atoms with Crippen LogP contribution in [0.2, 0.25) is 0 Å². The molecule has 8 heteroatoms. The van der Waals surface area contributed by atoms with E-state index in [-0.39, 0.29) is 18.4 Å². The molecular formula is C24H30F3N3O2. The van der Waals surface area contributed by atoms with Gasteiger partial charge in [0.15, 0.2) is 0 Å². The Bertz CT molecular complexity index is 891. The molecule has 0 unspecified atom stereocenters. The number of aliphatic hydroxyl groups is 1. The highest BCUT2D eigenvalue weighted by molar-refractivity contribution is 5.76. The van der Waals surface area contributed by atoms with Crippen molar-refractivity contribution in [3.8, 4) is 6.07 Å². The average molecular weight is 450 g/mol. The predicted octanol–water partition coefficient (Wildman–Crippen LogP) is 4.19. The standard InChI is InChI=1S/C24H30F3N3O2/c25-24(26,27)21-11-20(7-6-18(21)12-28)30-13-19-8-9-29(14-23(19,15-30)16-31)22(32)10-17-4-2-1-3-5-17/h6-7,11,17,19,31H,1-5,8-10,13-16H2/t19-,23+/m0/s1. The molecule has 3 fully saturated rings. The Morgan fingerprint density at radius 2 is 1.94 bits per heavy atom. The summed E-state index contributed by atoms with van der Waals surface area (Å²) >= 11 is 0. The Morgan fingerprint density at radius 1 is 1.19 bits per heavy atom. The monoisotopic (exact) mass is 449 g/mol. The van der Waals surface area contributed by atoms with E-state index in [0.29, 0.717) is 44.2 Å². The normalized spacial score (nSPS) is 26.7. The molecule has 1 N–H and O–H groups in total. The topological polar surface area (TPSA) is 67.6 Å². The molecule has 5 nitrogen and oxygen atoms in total. The zero-order valence-electron chi connectivity index (χ0n) is 18.2. The number of benzene rings is 1. The van der Waals surface area contributed by atoms with E-state index in [0.717, 1.165) is 25.3 Å². The van der Waals surface area contributed by atoms with Crippen LogP contribution in [0.15, 0.2) is 18.2 Å². The Labute approximate surface area is 186 Å². The Morgan fingerprint density at radius 3 is 2.59 bits per heavy atom. The van der Waals surface area contributed by atoms with Crippen LogP contribution in [-0.2, 0) is 11.0 Å². The van der Waals surface area contributed by atoms with Gasteiger partial charge in [0.05, 0.1) is 23.8 Å². The number of rotatable bonds is 4. The zero-order valence-corrected chi connectivity index (χ0v) is 18.2. The third kappa shape index (κ3) is 4.45. The molecule has 1 aromatic rings. The van der Waals surface area contributed by atoms with E-state index in [2.05, 4.69) is 0 Å². The number of likely N-dealkylation sites (tertiary alicyclic amines) is 1. The maximum absolute atomic E-state index is 13.4. The minimum Gasteiger partial charge on any atom is -0.396 e. The maximum atomic E-state index is 13.4. The van der Waals surface area contributed by atoms with E-state index in [9.17, 15) is 23.1 Å². The molecule has 1 aliphatic carbocycles. The third-order valence-corrected chi connectivity index (χ3v) is 7.72. The van der Waals surface area contributed by atoms with Gasteiger partial charge in [-0.25, -0.2) is 0 Å². The van der Waals surface area contributed by atoms with Crippen LogP contribution in [0, 0.1) is 28.6 Å². The summed E-state index contributed by atoms with van der Waals surface area (Å²) in [6, 6.07) is 5.41. The lowest BCUT2D eigenvalue weighted by Gasteiger charge is -2.43. The summed E-state index contributed by atoms with van der Waals surface area (Å²) in [5, 5.41) is 19.4. The number of piperidine rings is 1. The van der Waals surface area contributed by atoms with Crippen molar-refractivity contribution in [2.75, 3.05) is 37.7 Å². The third-order valence-electron chi connectivity index (χ3n) is 7.72. The van der Waals surface area contributed by atoms with Crippen molar-refractivity contribution < 1.29 is 23.1 Å². The van der Waals surface area contributed by atoms with Crippen molar-refractivity contribution >= 4 is 11.6 Å². The predicted molar refractivity (Wildman–Crippen MR) is 114 cm³/mol. The van der Waals surface area contributed by atoms with Crippen molar-refractivity contribution in [1.29, 1.82) is 5.26 Å². The fourth-order valence-corrected chi connectivity index (χ4v) is 5.85. The molecule has 1 amide bonds. The molecule has 1 aromatic carbocycles. The number of hydrogen-bond donors (Lipinski definition) is 1. The van der Waals surface area contributed by atoms with Crippen LogP contribution >= 0.6 is 0 Å². The first kappa shape index (κ1) is 22.9. The van der Waals surface area contributed by atoms with E-state index >= 15 is 0 Å². The summed E-state index contributed by atoms with van der Waals surface area (Å²) in [6.07, 6.45) is 2.48. The first-order valence-corrected chi connectivity index (χ1v) is 11.5. The highest BCUT2D eigenvalue weighted by Gasteiger charge is 2.50. The number of amides is 1. The number of hydrogen-bond acceptors (Lipinski definition) is 4. The van der Waals surface area contributed by atoms with Gasteiger partial charge in [-0.1, -0.05) is 19.3 Å². The fourth-order valence-electron chi connectivity index (χ4n) is 5.85. The Hall–Kier alpha value is -2.27. The molecule has 2 aliphatic heterocycles. The van der Waals surface area contributed by atoms with Gasteiger partial charge in [-0.15, -0.1) is 0 Å². The van der Waals surface area contributed by atoms with E-state index < -0.39 is 22.7 Å². The van der Waals surface area contributed by atoms with Crippen LogP contribution < -0.4 is 4.90 Å². The number of nitriles is 1. The molecule has 1 saturated carbocycles. The minimum absolute atomic E-state index is 0.107. The summed E-state index contributed by atoms with van der Waals surface area (Å²) in [5.41, 5.74) is -1.46. The van der Waals surface area contributed by atoms with E-state index in [1.165, 1.54) is 25.3 Å². The van der Waals surface area contributed by atoms with Gasteiger partial charge in [-0.3, -0.25) is 4.79 Å². The van der Waals surface area contributed by atoms with Gasteiger partial charge in [0.25, 0.3) is 0 Å². The number of alkyl halides is 3. The molecule has 174 valence electrons. The molecule has 2 heterocycles. The van der Waals surface area contributed by atoms with Gasteiger partial charge in [0.2, 0.25) is 5.91 Å². The Balaban J connectivity index is 1.49. The quantitative estimate of drug-likeness (QED) is 0.748. The molecular weight excluding hydrogens is 419 g/mol. The van der Waals surface area contributed by atoms with Crippen LogP contribution in [0.1, 0.15) is 56.1 Å². The van der Waals surface area contributed by atoms with Crippen molar-refractivity contribution in [3.63, 3.8) is 0 Å². The van der Waals surface area contributed by atoms with E-state index in [1.807, 2.05) is 9.80 Å². The minimum atomic E-state index is -4.61. The number of aliphatic hydroxyl groups excluding tert-OH is 1. The van der Waals surface area contributed by atoms with Crippen LogP contribution in [-0.4, -0.2) is 48.7 Å². The largest absolute Gasteiger partial charge is 0.417 e. The summed E-state index contributed by atoms with van der Waals surface area (Å²) in [4.78, 5) is 16.7. The van der Waals surface area contributed by atoms with Crippen LogP contribution in [0.3, 0.4) is 0 Å². The zero-order chi connectivity index (χ0) is 22.9. The lowest BCUT2D eigenvalue weighted by atomic mass is 9.73. The second-order valence-electron chi connectivity index (χ2n) is 9.75. The van der Waals surface area contributed by atoms with E-state index in [1.54, 1.807) is 12.1 Å². The van der Waals surface area contributed by atoms with Crippen molar-refractivity contribution in [1.82, 2.24) is 4.90 Å². The van der Waals surface area contributed by atoms with Crippen LogP contribution in [0.25, 0.3) is 0 Å². The Kier molecular flexibility index (Phi) is 6.39. The highest BCUT2D eigenvalue weighted by atomic mass is 19.4. The first-order valence-electron chi connectivity index (χ1n) is 11.5. The highest BCUT2D eigenvalue weighted by Crippen LogP contribution is 2.45. The van der Waals surface area contributed by atoms with Crippen molar-refractivity contribution in [2.45, 2.75) is 51.1 Å². The van der Waals surface area contributed by atoms with Crippen LogP contribution in [0.5, 0.6) is 0 Å². The van der Waals surface area contributed by atoms with Gasteiger partial charge in [0.1, 0.15) is 0 Å². The molecule has 3 aliphatic rings. The number of halogens is 3. The van der Waals surface area contributed by atoms with E-state index in [4.69, 9.17) is 5.26 Å². The number of nitrogens with zero attached hydrogens (tertiary/aromatic N) is 3. The van der Waals surface area contributed by atoms with Crippen molar-refractivity contribution in [3.05, 3.63) is 29.3 Å². The SMILES string of the molecule is N#Cc1ccc(N2C[C@@H]3CCN(C(=O)CC4CCCCC4)C[C@]3(CO)C2)cc1C(F)(F)F. The van der Waals surface area contributed by atoms with Gasteiger partial charge >= 0.3 is 6.18 Å². The number of anilines is 1. The fraction of sp³-hybridized carbons (Fsp3) is 0.667. The lowest BCUT2D eigenvalue weighted by Crippen LogP contribution is -2.52. The summed E-state index contributed by atoms with van der Waals surface area (Å²) < 4.78 is 40.3. The number of fused-ring (bicyclic) bond motifs is 1. The lowest BCUT2D eigenvalue weighted by molar-refractivity contribution is -0.138. The van der Waals surface area contributed by atoms with Crippen LogP contribution in [0.4, 0.5) is 18.9 Å². The number of carbonyl (C=O) groups excluding carboxylic acids is 1. The molecule has 4 rings (SSSR count). The van der Waals surface area contributed by atoms with Gasteiger partial charge in [0, 0.05) is 43.7 Å². The summed E-state index contributed by atoms with van der Waals surface area (Å²) in [7, 11) is 0.